The number of likely N-dealkylation sites (tertiary alicyclic amines) is 1. The topological polar surface area (TPSA) is 82.1 Å². The summed E-state index contributed by atoms with van der Waals surface area (Å²) < 4.78 is 7.08. The standard InChI is InChI=1S/C12H18N6O/c1-17-12-9(5-14-17)11(13)15-10(16-12)7-18-4-3-8(6-18)19-2/h5,8H,3-4,6-7H2,1-2H3,(H2,13,15,16). The van der Waals surface area contributed by atoms with E-state index < -0.39 is 0 Å². The minimum atomic E-state index is 0.317. The van der Waals surface area contributed by atoms with Gasteiger partial charge in [-0.3, -0.25) is 9.58 Å². The molecule has 7 heteroatoms. The third-order valence-electron chi connectivity index (χ3n) is 3.60. The van der Waals surface area contributed by atoms with Gasteiger partial charge in [-0.2, -0.15) is 5.10 Å². The number of hydrogen-bond acceptors (Lipinski definition) is 6. The predicted molar refractivity (Wildman–Crippen MR) is 71.4 cm³/mol. The quantitative estimate of drug-likeness (QED) is 0.849. The summed E-state index contributed by atoms with van der Waals surface area (Å²) in [7, 11) is 3.61. The molecule has 19 heavy (non-hydrogen) atoms. The van der Waals surface area contributed by atoms with Crippen LogP contribution in [0.2, 0.25) is 0 Å². The first-order valence-corrected chi connectivity index (χ1v) is 6.36. The highest BCUT2D eigenvalue weighted by Gasteiger charge is 2.23. The molecule has 102 valence electrons. The summed E-state index contributed by atoms with van der Waals surface area (Å²) in [6, 6.07) is 0. The first-order valence-electron chi connectivity index (χ1n) is 6.36. The van der Waals surface area contributed by atoms with Crippen LogP contribution in [0.1, 0.15) is 12.2 Å². The van der Waals surface area contributed by atoms with Crippen molar-refractivity contribution in [2.45, 2.75) is 19.1 Å². The molecule has 1 saturated heterocycles. The highest BCUT2D eigenvalue weighted by Crippen LogP contribution is 2.19. The zero-order chi connectivity index (χ0) is 13.4. The lowest BCUT2D eigenvalue weighted by Crippen LogP contribution is -2.23. The molecule has 1 aliphatic rings. The van der Waals surface area contributed by atoms with Crippen molar-refractivity contribution < 1.29 is 4.74 Å². The highest BCUT2D eigenvalue weighted by atomic mass is 16.5. The van der Waals surface area contributed by atoms with E-state index in [1.807, 2.05) is 7.05 Å². The number of nitrogen functional groups attached to an aromatic ring is 1. The number of nitrogens with zero attached hydrogens (tertiary/aromatic N) is 5. The fraction of sp³-hybridized carbons (Fsp3) is 0.583. The Balaban J connectivity index is 1.83. The number of anilines is 1. The molecule has 2 N–H and O–H groups in total. The van der Waals surface area contributed by atoms with Crippen LogP contribution in [-0.4, -0.2) is 51.0 Å². The maximum absolute atomic E-state index is 5.95. The Morgan fingerprint density at radius 1 is 1.47 bits per heavy atom. The monoisotopic (exact) mass is 262 g/mol. The maximum Gasteiger partial charge on any atom is 0.163 e. The summed E-state index contributed by atoms with van der Waals surface area (Å²) in [6.45, 7) is 2.62. The summed E-state index contributed by atoms with van der Waals surface area (Å²) >= 11 is 0. The zero-order valence-corrected chi connectivity index (χ0v) is 11.2. The van der Waals surface area contributed by atoms with Gasteiger partial charge in [-0.25, -0.2) is 9.97 Å². The van der Waals surface area contributed by atoms with E-state index in [1.165, 1.54) is 0 Å². The number of methoxy groups -OCH3 is 1. The van der Waals surface area contributed by atoms with Gasteiger partial charge in [-0.1, -0.05) is 0 Å². The van der Waals surface area contributed by atoms with E-state index in [2.05, 4.69) is 20.0 Å². The van der Waals surface area contributed by atoms with Gasteiger partial charge in [0.2, 0.25) is 0 Å². The minimum Gasteiger partial charge on any atom is -0.383 e. The van der Waals surface area contributed by atoms with E-state index in [1.54, 1.807) is 18.0 Å². The van der Waals surface area contributed by atoms with Crippen LogP contribution in [-0.2, 0) is 18.3 Å². The summed E-state index contributed by atoms with van der Waals surface area (Å²) in [5, 5.41) is 4.96. The number of rotatable bonds is 3. The Morgan fingerprint density at radius 2 is 2.32 bits per heavy atom. The normalized spacial score (nSPS) is 20.4. The molecular weight excluding hydrogens is 244 g/mol. The van der Waals surface area contributed by atoms with Crippen molar-refractivity contribution in [3.8, 4) is 0 Å². The van der Waals surface area contributed by atoms with E-state index in [0.717, 1.165) is 36.4 Å². The Hall–Kier alpha value is -1.73. The summed E-state index contributed by atoms with van der Waals surface area (Å²) in [5.41, 5.74) is 6.73. The van der Waals surface area contributed by atoms with Gasteiger partial charge in [0.25, 0.3) is 0 Å². The molecule has 0 bridgehead atoms. The molecule has 0 amide bonds. The first kappa shape index (κ1) is 12.3. The number of nitrogens with two attached hydrogens (primary N) is 1. The number of fused-ring (bicyclic) bond motifs is 1. The minimum absolute atomic E-state index is 0.317. The van der Waals surface area contributed by atoms with Gasteiger partial charge in [0.05, 0.1) is 24.2 Å². The van der Waals surface area contributed by atoms with Crippen molar-refractivity contribution in [2.24, 2.45) is 7.05 Å². The average molecular weight is 262 g/mol. The Morgan fingerprint density at radius 3 is 3.05 bits per heavy atom. The largest absolute Gasteiger partial charge is 0.383 e. The second-order valence-corrected chi connectivity index (χ2v) is 4.91. The second kappa shape index (κ2) is 4.75. The SMILES string of the molecule is COC1CCN(Cc2nc(N)c3cnn(C)c3n2)C1. The molecule has 0 spiro atoms. The fourth-order valence-electron chi connectivity index (χ4n) is 2.49. The molecular formula is C12H18N6O. The van der Waals surface area contributed by atoms with Crippen LogP contribution in [0.5, 0.6) is 0 Å². The molecule has 2 aromatic heterocycles. The second-order valence-electron chi connectivity index (χ2n) is 4.91. The van der Waals surface area contributed by atoms with Gasteiger partial charge < -0.3 is 10.5 Å². The van der Waals surface area contributed by atoms with E-state index in [4.69, 9.17) is 10.5 Å². The number of hydrogen-bond donors (Lipinski definition) is 1. The third kappa shape index (κ3) is 2.26. The van der Waals surface area contributed by atoms with Gasteiger partial charge in [-0.15, -0.1) is 0 Å². The lowest BCUT2D eigenvalue weighted by Gasteiger charge is -2.14. The van der Waals surface area contributed by atoms with Crippen LogP contribution in [0.25, 0.3) is 11.0 Å². The summed E-state index contributed by atoms with van der Waals surface area (Å²) in [4.78, 5) is 11.2. The smallest absolute Gasteiger partial charge is 0.163 e. The van der Waals surface area contributed by atoms with Crippen molar-refractivity contribution >= 4 is 16.9 Å². The van der Waals surface area contributed by atoms with Gasteiger partial charge in [-0.05, 0) is 6.42 Å². The number of ether oxygens (including phenoxy) is 1. The Bertz CT molecular complexity index is 595. The molecule has 1 atom stereocenters. The summed E-state index contributed by atoms with van der Waals surface area (Å²) in [5.74, 6) is 1.24. The van der Waals surface area contributed by atoms with Crippen molar-refractivity contribution in [3.05, 3.63) is 12.0 Å². The predicted octanol–water partition coefficient (Wildman–Crippen LogP) is 0.166. The molecule has 0 radical (unpaired) electrons. The lowest BCUT2D eigenvalue weighted by atomic mass is 10.3. The molecule has 3 heterocycles. The van der Waals surface area contributed by atoms with Crippen molar-refractivity contribution in [3.63, 3.8) is 0 Å². The van der Waals surface area contributed by atoms with Crippen LogP contribution in [0.3, 0.4) is 0 Å². The number of aromatic nitrogens is 4. The molecule has 3 rings (SSSR count). The molecule has 0 aromatic carbocycles. The molecule has 1 fully saturated rings. The lowest BCUT2D eigenvalue weighted by molar-refractivity contribution is 0.107. The Labute approximate surface area is 111 Å². The molecule has 2 aromatic rings. The highest BCUT2D eigenvalue weighted by molar-refractivity contribution is 5.84. The fourth-order valence-corrected chi connectivity index (χ4v) is 2.49. The van der Waals surface area contributed by atoms with E-state index >= 15 is 0 Å². The average Bonchev–Trinajstić information content (AvgIpc) is 2.98. The van der Waals surface area contributed by atoms with Gasteiger partial charge in [0.15, 0.2) is 5.65 Å². The van der Waals surface area contributed by atoms with E-state index in [9.17, 15) is 0 Å². The van der Waals surface area contributed by atoms with Crippen LogP contribution < -0.4 is 5.73 Å². The summed E-state index contributed by atoms with van der Waals surface area (Å²) in [6.07, 6.45) is 3.07. The van der Waals surface area contributed by atoms with Crippen molar-refractivity contribution in [1.29, 1.82) is 0 Å². The van der Waals surface area contributed by atoms with Gasteiger partial charge in [0, 0.05) is 27.2 Å². The van der Waals surface area contributed by atoms with Crippen molar-refractivity contribution in [2.75, 3.05) is 25.9 Å². The van der Waals surface area contributed by atoms with Gasteiger partial charge >= 0.3 is 0 Å². The zero-order valence-electron chi connectivity index (χ0n) is 11.2. The molecule has 7 nitrogen and oxygen atoms in total. The van der Waals surface area contributed by atoms with E-state index in [-0.39, 0.29) is 0 Å². The molecule has 0 aliphatic carbocycles. The molecule has 1 unspecified atom stereocenters. The van der Waals surface area contributed by atoms with Crippen LogP contribution in [0.15, 0.2) is 6.20 Å². The van der Waals surface area contributed by atoms with Crippen molar-refractivity contribution in [1.82, 2.24) is 24.6 Å². The van der Waals surface area contributed by atoms with Crippen LogP contribution in [0.4, 0.5) is 5.82 Å². The number of aryl methyl sites for hydroxylation is 1. The third-order valence-corrected chi connectivity index (χ3v) is 3.60. The van der Waals surface area contributed by atoms with Crippen LogP contribution >= 0.6 is 0 Å². The van der Waals surface area contributed by atoms with E-state index in [0.29, 0.717) is 18.5 Å². The molecule has 1 aliphatic heterocycles. The maximum atomic E-state index is 5.95. The Kier molecular flexibility index (Phi) is 3.08. The first-order chi connectivity index (χ1) is 9.17. The molecule has 0 saturated carbocycles. The van der Waals surface area contributed by atoms with Gasteiger partial charge in [0.1, 0.15) is 11.6 Å². The van der Waals surface area contributed by atoms with Crippen LogP contribution in [0, 0.1) is 0 Å².